The first-order valence-electron chi connectivity index (χ1n) is 4.73. The highest BCUT2D eigenvalue weighted by atomic mass is 32.3. The molecule has 0 saturated heterocycles. The summed E-state index contributed by atoms with van der Waals surface area (Å²) in [5, 5.41) is 0. The lowest BCUT2D eigenvalue weighted by Crippen LogP contribution is -2.27. The van der Waals surface area contributed by atoms with Crippen LogP contribution in [0.2, 0.25) is 0 Å². The van der Waals surface area contributed by atoms with E-state index in [9.17, 15) is 13.2 Å². The fourth-order valence-corrected chi connectivity index (χ4v) is 1.50. The molecule has 0 radical (unpaired) electrons. The number of hydrogen-bond acceptors (Lipinski definition) is 5. The third-order valence-electron chi connectivity index (χ3n) is 1.56. The molecule has 0 spiro atoms. The summed E-state index contributed by atoms with van der Waals surface area (Å²) in [6.45, 7) is 7.82. The molecule has 98 valence electrons. The first-order chi connectivity index (χ1) is 7.53. The Morgan fingerprint density at radius 2 is 2.00 bits per heavy atom. The van der Waals surface area contributed by atoms with Gasteiger partial charge in [-0.1, -0.05) is 6.58 Å². The van der Waals surface area contributed by atoms with Crippen LogP contribution in [0.3, 0.4) is 0 Å². The molecule has 17 heavy (non-hydrogen) atoms. The van der Waals surface area contributed by atoms with Gasteiger partial charge in [0.05, 0.1) is 11.9 Å². The number of carbonyl (C=O) groups excluding carboxylic acids is 1. The zero-order valence-corrected chi connectivity index (χ0v) is 10.8. The molecular formula is C10H16O6S. The van der Waals surface area contributed by atoms with E-state index in [1.165, 1.54) is 26.8 Å². The van der Waals surface area contributed by atoms with E-state index in [0.717, 1.165) is 6.26 Å². The Hall–Kier alpha value is -1.18. The molecule has 0 unspecified atom stereocenters. The minimum Gasteiger partial charge on any atom is -0.431 e. The summed E-state index contributed by atoms with van der Waals surface area (Å²) in [6.07, 6.45) is 2.66. The molecule has 1 N–H and O–H groups in total. The molecule has 0 aromatic heterocycles. The number of carbonyl (C=O) groups is 1. The predicted molar refractivity (Wildman–Crippen MR) is 61.4 cm³/mol. The first-order valence-corrected chi connectivity index (χ1v) is 6.09. The van der Waals surface area contributed by atoms with Crippen LogP contribution in [0.4, 0.5) is 0 Å². The molecule has 0 aliphatic carbocycles. The molecular weight excluding hydrogens is 248 g/mol. The van der Waals surface area contributed by atoms with Crippen LogP contribution in [0, 0.1) is 0 Å². The normalized spacial score (nSPS) is 12.7. The van der Waals surface area contributed by atoms with Crippen molar-refractivity contribution in [2.24, 2.45) is 0 Å². The van der Waals surface area contributed by atoms with Crippen LogP contribution in [0.1, 0.15) is 27.2 Å². The number of esters is 1. The molecule has 0 aliphatic heterocycles. The van der Waals surface area contributed by atoms with Crippen molar-refractivity contribution in [1.82, 2.24) is 0 Å². The highest BCUT2D eigenvalue weighted by molar-refractivity contribution is 7.80. The van der Waals surface area contributed by atoms with Crippen LogP contribution < -0.4 is 0 Å². The molecule has 0 rings (SSSR count). The van der Waals surface area contributed by atoms with Gasteiger partial charge in [-0.2, -0.15) is 8.42 Å². The van der Waals surface area contributed by atoms with Gasteiger partial charge in [0.15, 0.2) is 0 Å². The van der Waals surface area contributed by atoms with E-state index in [-0.39, 0.29) is 12.0 Å². The van der Waals surface area contributed by atoms with E-state index in [1.54, 1.807) is 0 Å². The van der Waals surface area contributed by atoms with Gasteiger partial charge in [0.25, 0.3) is 0 Å². The highest BCUT2D eigenvalue weighted by Gasteiger charge is 2.23. The van der Waals surface area contributed by atoms with Crippen molar-refractivity contribution in [2.75, 3.05) is 0 Å². The Morgan fingerprint density at radius 3 is 2.41 bits per heavy atom. The van der Waals surface area contributed by atoms with Crippen LogP contribution in [0.15, 0.2) is 24.5 Å². The van der Waals surface area contributed by atoms with Crippen molar-refractivity contribution in [3.8, 4) is 0 Å². The highest BCUT2D eigenvalue weighted by Crippen LogP contribution is 2.17. The Kier molecular flexibility index (Phi) is 5.53. The molecule has 6 nitrogen and oxygen atoms in total. The maximum Gasteiger partial charge on any atom is 0.397 e. The smallest absolute Gasteiger partial charge is 0.397 e. The van der Waals surface area contributed by atoms with Crippen LogP contribution in [-0.2, 0) is 24.1 Å². The number of ether oxygens (including phenoxy) is 1. The minimum atomic E-state index is -4.50. The fraction of sp³-hybridized carbons (Fsp3) is 0.500. The molecule has 0 aliphatic rings. The van der Waals surface area contributed by atoms with Gasteiger partial charge in [0.1, 0.15) is 0 Å². The van der Waals surface area contributed by atoms with Gasteiger partial charge < -0.3 is 4.74 Å². The van der Waals surface area contributed by atoms with Crippen LogP contribution in [-0.4, -0.2) is 24.5 Å². The van der Waals surface area contributed by atoms with Crippen LogP contribution in [0.25, 0.3) is 0 Å². The molecule has 0 bridgehead atoms. The Bertz CT molecular complexity index is 418. The largest absolute Gasteiger partial charge is 0.431 e. The lowest BCUT2D eigenvalue weighted by atomic mass is 10.1. The average Bonchev–Trinajstić information content (AvgIpc) is 2.07. The van der Waals surface area contributed by atoms with E-state index >= 15 is 0 Å². The van der Waals surface area contributed by atoms with Gasteiger partial charge in [0.2, 0.25) is 0 Å². The SMILES string of the molecule is C=C(C)C(=O)OC=CCC(C)(C)OS(=O)(=O)O. The van der Waals surface area contributed by atoms with Gasteiger partial charge in [0, 0.05) is 5.57 Å². The van der Waals surface area contributed by atoms with Gasteiger partial charge in [-0.25, -0.2) is 8.98 Å². The van der Waals surface area contributed by atoms with E-state index in [4.69, 9.17) is 4.55 Å². The molecule has 7 heteroatoms. The topological polar surface area (TPSA) is 89.9 Å². The minimum absolute atomic E-state index is 0.135. The third kappa shape index (κ3) is 8.61. The van der Waals surface area contributed by atoms with Gasteiger partial charge in [-0.05, 0) is 33.3 Å². The maximum absolute atomic E-state index is 11.0. The van der Waals surface area contributed by atoms with E-state index in [2.05, 4.69) is 15.5 Å². The summed E-state index contributed by atoms with van der Waals surface area (Å²) >= 11 is 0. The predicted octanol–water partition coefficient (Wildman–Crippen LogP) is 1.61. The van der Waals surface area contributed by atoms with Crippen molar-refractivity contribution in [2.45, 2.75) is 32.8 Å². The number of hydrogen-bond donors (Lipinski definition) is 1. The quantitative estimate of drug-likeness (QED) is 0.339. The van der Waals surface area contributed by atoms with Crippen molar-refractivity contribution in [1.29, 1.82) is 0 Å². The molecule has 0 aromatic rings. The Morgan fingerprint density at radius 1 is 1.47 bits per heavy atom. The first kappa shape index (κ1) is 15.8. The van der Waals surface area contributed by atoms with Crippen LogP contribution in [0.5, 0.6) is 0 Å². The number of rotatable bonds is 6. The Labute approximate surface area is 101 Å². The molecule has 0 atom stereocenters. The summed E-state index contributed by atoms with van der Waals surface area (Å²) in [6, 6.07) is 0. The molecule has 0 saturated carbocycles. The van der Waals surface area contributed by atoms with Crippen molar-refractivity contribution in [3.63, 3.8) is 0 Å². The third-order valence-corrected chi connectivity index (χ3v) is 2.22. The summed E-state index contributed by atoms with van der Waals surface area (Å²) in [5.74, 6) is -0.574. The fourth-order valence-electron chi connectivity index (χ4n) is 0.862. The maximum atomic E-state index is 11.0. The molecule has 0 fully saturated rings. The van der Waals surface area contributed by atoms with Gasteiger partial charge in [-0.15, -0.1) is 0 Å². The van der Waals surface area contributed by atoms with E-state index in [1.807, 2.05) is 0 Å². The molecule has 0 amide bonds. The van der Waals surface area contributed by atoms with Gasteiger partial charge in [-0.3, -0.25) is 4.55 Å². The monoisotopic (exact) mass is 264 g/mol. The second-order valence-electron chi connectivity index (χ2n) is 4.03. The van der Waals surface area contributed by atoms with Crippen molar-refractivity contribution >= 4 is 16.4 Å². The Balaban J connectivity index is 4.23. The van der Waals surface area contributed by atoms with E-state index in [0.29, 0.717) is 0 Å². The van der Waals surface area contributed by atoms with E-state index < -0.39 is 22.0 Å². The summed E-state index contributed by atoms with van der Waals surface area (Å²) in [5.41, 5.74) is -0.872. The molecule has 0 heterocycles. The van der Waals surface area contributed by atoms with Gasteiger partial charge >= 0.3 is 16.4 Å². The second-order valence-corrected chi connectivity index (χ2v) is 5.05. The van der Waals surface area contributed by atoms with Crippen molar-refractivity contribution < 1.29 is 26.7 Å². The summed E-state index contributed by atoms with van der Waals surface area (Å²) in [4.78, 5) is 11.0. The average molecular weight is 264 g/mol. The zero-order chi connectivity index (χ0) is 13.7. The second kappa shape index (κ2) is 5.95. The molecule has 0 aromatic carbocycles. The zero-order valence-electron chi connectivity index (χ0n) is 9.97. The van der Waals surface area contributed by atoms with Crippen molar-refractivity contribution in [3.05, 3.63) is 24.5 Å². The lowest BCUT2D eigenvalue weighted by molar-refractivity contribution is -0.133. The van der Waals surface area contributed by atoms with Crippen LogP contribution >= 0.6 is 0 Å². The summed E-state index contributed by atoms with van der Waals surface area (Å²) < 4.78 is 38.5. The lowest BCUT2D eigenvalue weighted by Gasteiger charge is -2.20. The summed E-state index contributed by atoms with van der Waals surface area (Å²) in [7, 11) is -4.50. The standard InChI is InChI=1S/C10H16O6S/c1-8(2)9(11)15-7-5-6-10(3,4)16-17(12,13)14/h5,7H,1,6H2,2-4H3,(H,12,13,14).